The van der Waals surface area contributed by atoms with Gasteiger partial charge in [0.2, 0.25) is 5.91 Å². The molecule has 1 rings (SSSR count). The number of hydrogen-bond acceptors (Lipinski definition) is 2. The molecule has 0 spiro atoms. The molecule has 0 saturated heterocycles. The minimum atomic E-state index is -0.0766. The molecule has 7 heteroatoms. The van der Waals surface area contributed by atoms with E-state index >= 15 is 0 Å². The summed E-state index contributed by atoms with van der Waals surface area (Å²) in [7, 11) is 0. The molecule has 4 N–H and O–H groups in total. The van der Waals surface area contributed by atoms with Crippen LogP contribution in [0, 0.1) is 6.92 Å². The molecule has 5 nitrogen and oxygen atoms in total. The molecule has 0 bridgehead atoms. The Kier molecular flexibility index (Phi) is 9.60. The van der Waals surface area contributed by atoms with Gasteiger partial charge in [0, 0.05) is 22.6 Å². The normalized spacial score (nSPS) is 11.0. The Bertz CT molecular complexity index is 506. The summed E-state index contributed by atoms with van der Waals surface area (Å²) < 4.78 is 0.932. The molecule has 0 saturated carbocycles. The summed E-state index contributed by atoms with van der Waals surface area (Å²) in [6, 6.07) is 6.00. The van der Waals surface area contributed by atoms with Gasteiger partial charge in [-0.15, -0.1) is 24.0 Å². The van der Waals surface area contributed by atoms with Crippen molar-refractivity contribution < 1.29 is 4.79 Å². The zero-order chi connectivity index (χ0) is 15.1. The Morgan fingerprint density at radius 3 is 2.71 bits per heavy atom. The van der Waals surface area contributed by atoms with Gasteiger partial charge >= 0.3 is 0 Å². The number of rotatable bonds is 5. The van der Waals surface area contributed by atoms with Crippen LogP contribution < -0.4 is 16.4 Å². The highest BCUT2D eigenvalue weighted by Gasteiger charge is 2.05. The average Bonchev–Trinajstić information content (AvgIpc) is 2.33. The number of carbonyl (C=O) groups is 1. The zero-order valence-corrected chi connectivity index (χ0v) is 16.4. The third kappa shape index (κ3) is 8.25. The van der Waals surface area contributed by atoms with E-state index in [1.807, 2.05) is 39.0 Å². The van der Waals surface area contributed by atoms with Gasteiger partial charge in [0.15, 0.2) is 5.96 Å². The van der Waals surface area contributed by atoms with Crippen LogP contribution >= 0.6 is 39.9 Å². The van der Waals surface area contributed by atoms with Crippen LogP contribution in [-0.4, -0.2) is 24.5 Å². The van der Waals surface area contributed by atoms with Crippen molar-refractivity contribution in [3.8, 4) is 0 Å². The summed E-state index contributed by atoms with van der Waals surface area (Å²) in [6.07, 6.45) is 0.298. The molecule has 1 aromatic carbocycles. The minimum Gasteiger partial charge on any atom is -0.370 e. The maximum atomic E-state index is 11.8. The second kappa shape index (κ2) is 9.99. The lowest BCUT2D eigenvalue weighted by Gasteiger charge is -2.09. The number of nitrogens with two attached hydrogens (primary N) is 1. The number of carbonyl (C=O) groups excluding carboxylic acids is 1. The van der Waals surface area contributed by atoms with E-state index in [0.717, 1.165) is 15.7 Å². The largest absolute Gasteiger partial charge is 0.370 e. The van der Waals surface area contributed by atoms with Crippen molar-refractivity contribution in [3.63, 3.8) is 0 Å². The highest BCUT2D eigenvalue weighted by atomic mass is 127. The Morgan fingerprint density at radius 2 is 2.10 bits per heavy atom. The predicted molar refractivity (Wildman–Crippen MR) is 102 cm³/mol. The predicted octanol–water partition coefficient (Wildman–Crippen LogP) is 3.02. The minimum absolute atomic E-state index is 0. The van der Waals surface area contributed by atoms with Crippen LogP contribution in [-0.2, 0) is 4.79 Å². The number of nitrogens with one attached hydrogen (secondary N) is 2. The number of benzene rings is 1. The first-order chi connectivity index (χ1) is 9.38. The molecule has 21 heavy (non-hydrogen) atoms. The number of amides is 1. The van der Waals surface area contributed by atoms with Crippen LogP contribution in [0.25, 0.3) is 0 Å². The Labute approximate surface area is 151 Å². The van der Waals surface area contributed by atoms with E-state index < -0.39 is 0 Å². The van der Waals surface area contributed by atoms with E-state index in [4.69, 9.17) is 5.73 Å². The zero-order valence-electron chi connectivity index (χ0n) is 12.4. The number of halogens is 2. The Balaban J connectivity index is 0.00000400. The second-order valence-corrected chi connectivity index (χ2v) is 5.74. The molecular weight excluding hydrogens is 447 g/mol. The number of anilines is 1. The monoisotopic (exact) mass is 468 g/mol. The molecule has 1 aromatic rings. The third-order valence-electron chi connectivity index (χ3n) is 2.53. The molecule has 0 atom stereocenters. The van der Waals surface area contributed by atoms with Gasteiger partial charge in [0.05, 0.1) is 6.54 Å². The molecule has 0 radical (unpaired) electrons. The molecule has 0 aliphatic heterocycles. The summed E-state index contributed by atoms with van der Waals surface area (Å²) in [6.45, 7) is 6.27. The van der Waals surface area contributed by atoms with Gasteiger partial charge in [0.25, 0.3) is 0 Å². The molecule has 0 unspecified atom stereocenters. The van der Waals surface area contributed by atoms with Gasteiger partial charge in [-0.25, -0.2) is 0 Å². The van der Waals surface area contributed by atoms with Crippen molar-refractivity contribution >= 4 is 57.5 Å². The van der Waals surface area contributed by atoms with Gasteiger partial charge in [-0.2, -0.15) is 0 Å². The van der Waals surface area contributed by atoms with Crippen LogP contribution in [0.1, 0.15) is 25.8 Å². The van der Waals surface area contributed by atoms with Crippen molar-refractivity contribution in [2.24, 2.45) is 10.7 Å². The molecule has 0 aliphatic carbocycles. The van der Waals surface area contributed by atoms with E-state index in [-0.39, 0.29) is 35.9 Å². The highest BCUT2D eigenvalue weighted by Crippen LogP contribution is 2.20. The molecule has 118 valence electrons. The fraction of sp³-hybridized carbons (Fsp3) is 0.429. The average molecular weight is 469 g/mol. The molecule has 0 heterocycles. The SMILES string of the molecule is Cc1ccc(Br)cc1NC(=O)CCN=C(N)NC(C)C.I. The molecule has 0 aromatic heterocycles. The summed E-state index contributed by atoms with van der Waals surface area (Å²) in [4.78, 5) is 15.9. The fourth-order valence-electron chi connectivity index (χ4n) is 1.56. The lowest BCUT2D eigenvalue weighted by Crippen LogP contribution is -2.36. The summed E-state index contributed by atoms with van der Waals surface area (Å²) in [5.41, 5.74) is 7.48. The second-order valence-electron chi connectivity index (χ2n) is 4.82. The van der Waals surface area contributed by atoms with E-state index in [1.54, 1.807) is 0 Å². The van der Waals surface area contributed by atoms with E-state index in [1.165, 1.54) is 0 Å². The van der Waals surface area contributed by atoms with Gasteiger partial charge < -0.3 is 16.4 Å². The van der Waals surface area contributed by atoms with Crippen molar-refractivity contribution in [2.45, 2.75) is 33.2 Å². The van der Waals surface area contributed by atoms with E-state index in [9.17, 15) is 4.79 Å². The lowest BCUT2D eigenvalue weighted by atomic mass is 10.2. The Hall–Kier alpha value is -0.830. The summed E-state index contributed by atoms with van der Waals surface area (Å²) in [5.74, 6) is 0.290. The van der Waals surface area contributed by atoms with Crippen molar-refractivity contribution in [2.75, 3.05) is 11.9 Å². The first kappa shape index (κ1) is 20.2. The van der Waals surface area contributed by atoms with Crippen molar-refractivity contribution in [1.29, 1.82) is 0 Å². The van der Waals surface area contributed by atoms with Crippen LogP contribution in [0.2, 0.25) is 0 Å². The highest BCUT2D eigenvalue weighted by molar-refractivity contribution is 14.0. The topological polar surface area (TPSA) is 79.5 Å². The first-order valence-corrected chi connectivity index (χ1v) is 7.30. The number of nitrogens with zero attached hydrogens (tertiary/aromatic N) is 1. The number of aryl methyl sites for hydroxylation is 1. The van der Waals surface area contributed by atoms with Gasteiger partial charge in [0.1, 0.15) is 0 Å². The van der Waals surface area contributed by atoms with Gasteiger partial charge in [-0.1, -0.05) is 22.0 Å². The molecule has 0 fully saturated rings. The van der Waals surface area contributed by atoms with Crippen LogP contribution in [0.15, 0.2) is 27.7 Å². The van der Waals surface area contributed by atoms with Crippen molar-refractivity contribution in [1.82, 2.24) is 5.32 Å². The molecule has 0 aliphatic rings. The fourth-order valence-corrected chi connectivity index (χ4v) is 1.92. The van der Waals surface area contributed by atoms with Gasteiger partial charge in [-0.05, 0) is 38.5 Å². The first-order valence-electron chi connectivity index (χ1n) is 6.51. The number of aliphatic imine (C=N–C) groups is 1. The van der Waals surface area contributed by atoms with E-state index in [2.05, 4.69) is 31.6 Å². The third-order valence-corrected chi connectivity index (χ3v) is 3.02. The summed E-state index contributed by atoms with van der Waals surface area (Å²) >= 11 is 3.38. The van der Waals surface area contributed by atoms with Crippen molar-refractivity contribution in [3.05, 3.63) is 28.2 Å². The number of hydrogen-bond donors (Lipinski definition) is 3. The maximum absolute atomic E-state index is 11.8. The van der Waals surface area contributed by atoms with Crippen LogP contribution in [0.3, 0.4) is 0 Å². The quantitative estimate of drug-likeness (QED) is 0.353. The van der Waals surface area contributed by atoms with E-state index in [0.29, 0.717) is 18.9 Å². The number of guanidine groups is 1. The van der Waals surface area contributed by atoms with Gasteiger partial charge in [-0.3, -0.25) is 9.79 Å². The maximum Gasteiger partial charge on any atom is 0.226 e. The summed E-state index contributed by atoms with van der Waals surface area (Å²) in [5, 5.41) is 5.84. The van der Waals surface area contributed by atoms with Crippen LogP contribution in [0.4, 0.5) is 5.69 Å². The lowest BCUT2D eigenvalue weighted by molar-refractivity contribution is -0.116. The molecular formula is C14H22BrIN4O. The molecule has 1 amide bonds. The standard InChI is InChI=1S/C14H21BrN4O.HI/c1-9(2)18-14(16)17-7-6-13(20)19-12-8-11(15)5-4-10(12)3;/h4-5,8-9H,6-7H2,1-3H3,(H,19,20)(H3,16,17,18);1H. The van der Waals surface area contributed by atoms with Crippen LogP contribution in [0.5, 0.6) is 0 Å². The smallest absolute Gasteiger partial charge is 0.226 e. The Morgan fingerprint density at radius 1 is 1.43 bits per heavy atom.